The maximum Gasteiger partial charge on any atom is 0.243 e. The van der Waals surface area contributed by atoms with Crippen LogP contribution < -0.4 is 0 Å². The predicted molar refractivity (Wildman–Crippen MR) is 74.3 cm³/mol. The second-order valence-electron chi connectivity index (χ2n) is 5.09. The Balaban J connectivity index is 2.31. The highest BCUT2D eigenvalue weighted by atomic mass is 32.2. The molecule has 0 heterocycles. The van der Waals surface area contributed by atoms with E-state index in [0.29, 0.717) is 0 Å². The first-order valence-corrected chi connectivity index (χ1v) is 8.38. The van der Waals surface area contributed by atoms with Crippen molar-refractivity contribution in [3.05, 3.63) is 30.1 Å². The maximum absolute atomic E-state index is 13.3. The standard InChI is InChI=1S/C14H20FNO3S/c15-12-5-4-8-14(11-12)20(18,19)16(9-10-17)13-6-2-1-3-7-13/h4-5,8,11,13,17H,1-3,6-7,9-10H2. The van der Waals surface area contributed by atoms with E-state index in [9.17, 15) is 12.8 Å². The summed E-state index contributed by atoms with van der Waals surface area (Å²) in [5.74, 6) is -0.571. The molecule has 0 aliphatic heterocycles. The van der Waals surface area contributed by atoms with E-state index in [4.69, 9.17) is 5.11 Å². The quantitative estimate of drug-likeness (QED) is 0.906. The Bertz CT molecular complexity index is 541. The number of hydrogen-bond acceptors (Lipinski definition) is 3. The molecular formula is C14H20FNO3S. The minimum atomic E-state index is -3.75. The molecule has 1 aliphatic carbocycles. The molecule has 0 atom stereocenters. The molecule has 1 N–H and O–H groups in total. The summed E-state index contributed by atoms with van der Waals surface area (Å²) in [4.78, 5) is -0.0449. The fourth-order valence-electron chi connectivity index (χ4n) is 2.73. The number of hydrogen-bond donors (Lipinski definition) is 1. The van der Waals surface area contributed by atoms with Gasteiger partial charge in [0.15, 0.2) is 0 Å². The van der Waals surface area contributed by atoms with Crippen LogP contribution >= 0.6 is 0 Å². The molecule has 1 saturated carbocycles. The third-order valence-corrected chi connectivity index (χ3v) is 5.65. The third kappa shape index (κ3) is 3.37. The fraction of sp³-hybridized carbons (Fsp3) is 0.571. The van der Waals surface area contributed by atoms with Crippen LogP contribution in [0.1, 0.15) is 32.1 Å². The van der Waals surface area contributed by atoms with Gasteiger partial charge in [-0.2, -0.15) is 4.31 Å². The summed E-state index contributed by atoms with van der Waals surface area (Å²) in [6.07, 6.45) is 4.70. The van der Waals surface area contributed by atoms with Gasteiger partial charge in [-0.15, -0.1) is 0 Å². The van der Waals surface area contributed by atoms with Crippen molar-refractivity contribution < 1.29 is 17.9 Å². The summed E-state index contributed by atoms with van der Waals surface area (Å²) >= 11 is 0. The highest BCUT2D eigenvalue weighted by Gasteiger charge is 2.31. The van der Waals surface area contributed by atoms with E-state index in [1.165, 1.54) is 22.5 Å². The number of aliphatic hydroxyl groups excluding tert-OH is 1. The van der Waals surface area contributed by atoms with Crippen LogP contribution in [-0.2, 0) is 10.0 Å². The normalized spacial score (nSPS) is 17.6. The lowest BCUT2D eigenvalue weighted by Gasteiger charge is -2.33. The Morgan fingerprint density at radius 1 is 1.25 bits per heavy atom. The highest BCUT2D eigenvalue weighted by molar-refractivity contribution is 7.89. The number of nitrogens with zero attached hydrogens (tertiary/aromatic N) is 1. The monoisotopic (exact) mass is 301 g/mol. The van der Waals surface area contributed by atoms with Crippen molar-refractivity contribution in [2.45, 2.75) is 43.0 Å². The molecular weight excluding hydrogens is 281 g/mol. The van der Waals surface area contributed by atoms with Crippen molar-refractivity contribution in [3.8, 4) is 0 Å². The molecule has 1 fully saturated rings. The SMILES string of the molecule is O=S(=O)(c1cccc(F)c1)N(CCO)C1CCCCC1. The lowest BCUT2D eigenvalue weighted by Crippen LogP contribution is -2.43. The Morgan fingerprint density at radius 3 is 2.55 bits per heavy atom. The molecule has 0 unspecified atom stereocenters. The molecule has 0 amide bonds. The molecule has 20 heavy (non-hydrogen) atoms. The summed E-state index contributed by atoms with van der Waals surface area (Å²) in [5, 5.41) is 9.15. The van der Waals surface area contributed by atoms with Crippen molar-refractivity contribution in [3.63, 3.8) is 0 Å². The Morgan fingerprint density at radius 2 is 1.95 bits per heavy atom. The maximum atomic E-state index is 13.3. The molecule has 0 spiro atoms. The van der Waals surface area contributed by atoms with Gasteiger partial charge >= 0.3 is 0 Å². The Labute approximate surface area is 119 Å². The fourth-order valence-corrected chi connectivity index (χ4v) is 4.44. The van der Waals surface area contributed by atoms with Crippen molar-refractivity contribution in [2.24, 2.45) is 0 Å². The van der Waals surface area contributed by atoms with Crippen molar-refractivity contribution in [2.75, 3.05) is 13.2 Å². The molecule has 1 aromatic carbocycles. The van der Waals surface area contributed by atoms with E-state index >= 15 is 0 Å². The summed E-state index contributed by atoms with van der Waals surface area (Å²) < 4.78 is 39.8. The first-order valence-electron chi connectivity index (χ1n) is 6.94. The first-order chi connectivity index (χ1) is 9.55. The lowest BCUT2D eigenvalue weighted by molar-refractivity contribution is 0.199. The van der Waals surface area contributed by atoms with Crippen molar-refractivity contribution in [1.29, 1.82) is 0 Å². The van der Waals surface area contributed by atoms with Crippen LogP contribution in [0.4, 0.5) is 4.39 Å². The van der Waals surface area contributed by atoms with E-state index in [-0.39, 0.29) is 24.1 Å². The van der Waals surface area contributed by atoms with Crippen LogP contribution in [0.2, 0.25) is 0 Å². The molecule has 0 saturated heterocycles. The first kappa shape index (κ1) is 15.4. The summed E-state index contributed by atoms with van der Waals surface area (Å²) in [7, 11) is -3.75. The summed E-state index contributed by atoms with van der Waals surface area (Å²) in [6.45, 7) is -0.172. The van der Waals surface area contributed by atoms with Crippen molar-refractivity contribution in [1.82, 2.24) is 4.31 Å². The molecule has 112 valence electrons. The van der Waals surface area contributed by atoms with Gasteiger partial charge in [0, 0.05) is 12.6 Å². The van der Waals surface area contributed by atoms with Crippen LogP contribution in [0, 0.1) is 5.82 Å². The van der Waals surface area contributed by atoms with Gasteiger partial charge in [0.05, 0.1) is 11.5 Å². The molecule has 0 bridgehead atoms. The average molecular weight is 301 g/mol. The lowest BCUT2D eigenvalue weighted by atomic mass is 9.95. The number of rotatable bonds is 5. The zero-order chi connectivity index (χ0) is 14.6. The van der Waals surface area contributed by atoms with Crippen LogP contribution in [0.5, 0.6) is 0 Å². The number of aliphatic hydroxyl groups is 1. The number of benzene rings is 1. The zero-order valence-corrected chi connectivity index (χ0v) is 12.2. The number of sulfonamides is 1. The summed E-state index contributed by atoms with van der Waals surface area (Å²) in [6, 6.07) is 4.94. The molecule has 1 aromatic rings. The van der Waals surface area contributed by atoms with Crippen molar-refractivity contribution >= 4 is 10.0 Å². The Kier molecular flexibility index (Phi) is 5.12. The largest absolute Gasteiger partial charge is 0.395 e. The van der Waals surface area contributed by atoms with Crippen LogP contribution in [-0.4, -0.2) is 37.0 Å². The number of halogens is 1. The predicted octanol–water partition coefficient (Wildman–Crippen LogP) is 2.14. The van der Waals surface area contributed by atoms with Gasteiger partial charge in [0.2, 0.25) is 10.0 Å². The Hall–Kier alpha value is -0.980. The molecule has 0 radical (unpaired) electrons. The van der Waals surface area contributed by atoms with E-state index in [2.05, 4.69) is 0 Å². The average Bonchev–Trinajstić information content (AvgIpc) is 2.45. The van der Waals surface area contributed by atoms with Gasteiger partial charge in [0.25, 0.3) is 0 Å². The van der Waals surface area contributed by atoms with Gasteiger partial charge in [0.1, 0.15) is 5.82 Å². The molecule has 6 heteroatoms. The van der Waals surface area contributed by atoms with Crippen LogP contribution in [0.25, 0.3) is 0 Å². The minimum absolute atomic E-state index is 0.0449. The second kappa shape index (κ2) is 6.65. The second-order valence-corrected chi connectivity index (χ2v) is 6.98. The summed E-state index contributed by atoms with van der Waals surface area (Å²) in [5.41, 5.74) is 0. The van der Waals surface area contributed by atoms with Crippen LogP contribution in [0.3, 0.4) is 0 Å². The molecule has 0 aromatic heterocycles. The molecule has 1 aliphatic rings. The van der Waals surface area contributed by atoms with Gasteiger partial charge in [-0.25, -0.2) is 12.8 Å². The van der Waals surface area contributed by atoms with E-state index in [1.807, 2.05) is 0 Å². The van der Waals surface area contributed by atoms with E-state index in [1.54, 1.807) is 0 Å². The van der Waals surface area contributed by atoms with Gasteiger partial charge < -0.3 is 5.11 Å². The third-order valence-electron chi connectivity index (χ3n) is 3.71. The van der Waals surface area contributed by atoms with E-state index < -0.39 is 15.8 Å². The van der Waals surface area contributed by atoms with Gasteiger partial charge in [-0.3, -0.25) is 0 Å². The van der Waals surface area contributed by atoms with E-state index in [0.717, 1.165) is 38.2 Å². The minimum Gasteiger partial charge on any atom is -0.395 e. The highest BCUT2D eigenvalue weighted by Crippen LogP contribution is 2.27. The van der Waals surface area contributed by atoms with Crippen LogP contribution in [0.15, 0.2) is 29.2 Å². The zero-order valence-electron chi connectivity index (χ0n) is 11.3. The van der Waals surface area contributed by atoms with Gasteiger partial charge in [-0.05, 0) is 31.0 Å². The molecule has 2 rings (SSSR count). The topological polar surface area (TPSA) is 57.6 Å². The molecule has 4 nitrogen and oxygen atoms in total. The smallest absolute Gasteiger partial charge is 0.243 e. The van der Waals surface area contributed by atoms with Gasteiger partial charge in [-0.1, -0.05) is 25.3 Å².